The molecule has 0 saturated carbocycles. The van der Waals surface area contributed by atoms with Crippen molar-refractivity contribution >= 4 is 39.5 Å². The average molecular weight is 1560 g/mol. The van der Waals surface area contributed by atoms with Gasteiger partial charge in [0.15, 0.2) is 12.2 Å². The van der Waals surface area contributed by atoms with Crippen LogP contribution < -0.4 is 0 Å². The minimum absolute atomic E-state index is 0.108. The highest BCUT2D eigenvalue weighted by atomic mass is 31.2. The number of rotatable bonds is 87. The lowest BCUT2D eigenvalue weighted by atomic mass is 9.99. The fraction of sp³-hybridized carbons (Fsp3) is 0.955. The second kappa shape index (κ2) is 79.3. The molecule has 3 unspecified atom stereocenters. The zero-order chi connectivity index (χ0) is 78.5. The molecular weight excluding hydrogens is 1390 g/mol. The average Bonchev–Trinajstić information content (AvgIpc) is 0.903. The minimum atomic E-state index is -4.97. The number of esters is 4. The van der Waals surface area contributed by atoms with Gasteiger partial charge in [0.2, 0.25) is 0 Å². The van der Waals surface area contributed by atoms with Gasteiger partial charge in [-0.1, -0.05) is 420 Å². The molecule has 0 rings (SSSR count). The Morgan fingerprint density at radius 1 is 0.271 bits per heavy atom. The van der Waals surface area contributed by atoms with Crippen molar-refractivity contribution < 1.29 is 80.2 Å². The highest BCUT2D eigenvalue weighted by Crippen LogP contribution is 2.45. The Labute approximate surface area is 658 Å². The van der Waals surface area contributed by atoms with E-state index in [0.29, 0.717) is 25.7 Å². The molecule has 0 aromatic carbocycles. The Morgan fingerprint density at radius 2 is 0.477 bits per heavy atom. The van der Waals surface area contributed by atoms with Crippen LogP contribution in [0.4, 0.5) is 0 Å². The summed E-state index contributed by atoms with van der Waals surface area (Å²) in [7, 11) is -9.93. The number of carbonyl (C=O) groups is 4. The third-order valence-electron chi connectivity index (χ3n) is 21.1. The van der Waals surface area contributed by atoms with E-state index in [9.17, 15) is 43.2 Å². The molecule has 0 radical (unpaired) electrons. The summed E-state index contributed by atoms with van der Waals surface area (Å²) in [5, 5.41) is 10.7. The molecule has 636 valence electrons. The van der Waals surface area contributed by atoms with Crippen LogP contribution in [0, 0.1) is 11.8 Å². The van der Waals surface area contributed by atoms with Crippen molar-refractivity contribution in [1.82, 2.24) is 0 Å². The molecule has 0 fully saturated rings. The number of carbonyl (C=O) groups excluding carboxylic acids is 4. The van der Waals surface area contributed by atoms with Gasteiger partial charge in [0.25, 0.3) is 0 Å². The van der Waals surface area contributed by atoms with Gasteiger partial charge in [0.05, 0.1) is 26.4 Å². The van der Waals surface area contributed by atoms with E-state index < -0.39 is 97.5 Å². The maximum Gasteiger partial charge on any atom is 0.472 e. The van der Waals surface area contributed by atoms with Crippen LogP contribution in [0.3, 0.4) is 0 Å². The largest absolute Gasteiger partial charge is 0.472 e. The molecule has 0 amide bonds. The predicted molar refractivity (Wildman–Crippen MR) is 442 cm³/mol. The lowest BCUT2D eigenvalue weighted by molar-refractivity contribution is -0.161. The first-order valence-corrected chi connectivity index (χ1v) is 48.5. The zero-order valence-corrected chi connectivity index (χ0v) is 72.2. The van der Waals surface area contributed by atoms with Crippen LogP contribution in [0.5, 0.6) is 0 Å². The van der Waals surface area contributed by atoms with Gasteiger partial charge in [-0.25, -0.2) is 9.13 Å². The molecule has 0 heterocycles. The minimum Gasteiger partial charge on any atom is -0.462 e. The number of hydrogen-bond acceptors (Lipinski definition) is 15. The molecule has 0 spiro atoms. The summed E-state index contributed by atoms with van der Waals surface area (Å²) < 4.78 is 69.0. The first-order valence-electron chi connectivity index (χ1n) is 45.5. The van der Waals surface area contributed by atoms with Crippen molar-refractivity contribution in [3.05, 3.63) is 0 Å². The number of aliphatic hydroxyl groups excluding tert-OH is 1. The van der Waals surface area contributed by atoms with Gasteiger partial charge in [-0.3, -0.25) is 37.3 Å². The summed E-state index contributed by atoms with van der Waals surface area (Å²) in [6, 6.07) is 0. The summed E-state index contributed by atoms with van der Waals surface area (Å²) in [5.41, 5.74) is 0. The van der Waals surface area contributed by atoms with E-state index in [4.69, 9.17) is 37.0 Å². The van der Waals surface area contributed by atoms with Crippen molar-refractivity contribution in [3.63, 3.8) is 0 Å². The maximum absolute atomic E-state index is 13.2. The lowest BCUT2D eigenvalue weighted by Gasteiger charge is -2.21. The maximum atomic E-state index is 13.2. The lowest BCUT2D eigenvalue weighted by Crippen LogP contribution is -2.30. The van der Waals surface area contributed by atoms with E-state index in [1.807, 2.05) is 0 Å². The molecule has 0 aliphatic rings. The van der Waals surface area contributed by atoms with Gasteiger partial charge in [-0.15, -0.1) is 0 Å². The van der Waals surface area contributed by atoms with Gasteiger partial charge in [0, 0.05) is 25.7 Å². The number of ether oxygens (including phenoxy) is 4. The fourth-order valence-corrected chi connectivity index (χ4v) is 15.3. The smallest absolute Gasteiger partial charge is 0.462 e. The SMILES string of the molecule is CCCCCCCCCCCCCCCCCCCCCCCCC(=O)O[C@H](COC(=O)CCCCCCCCCCCCCCCCCCC(C)C)COP(=O)(O)OC[C@@H](O)COP(=O)(O)OC[C@@H](COC(=O)CCCCCCCCCCC(C)CC)OC(=O)CCCCCCCCCCCCCCCC. The molecule has 3 N–H and O–H groups in total. The second-order valence-electron chi connectivity index (χ2n) is 32.4. The molecule has 0 bridgehead atoms. The van der Waals surface area contributed by atoms with Gasteiger partial charge < -0.3 is 33.8 Å². The van der Waals surface area contributed by atoms with Crippen molar-refractivity contribution in [1.29, 1.82) is 0 Å². The Hall–Kier alpha value is -1.94. The molecule has 6 atom stereocenters. The summed E-state index contributed by atoms with van der Waals surface area (Å²) in [6.45, 7) is 9.72. The normalized spacial score (nSPS) is 14.0. The van der Waals surface area contributed by atoms with Crippen LogP contribution in [0.1, 0.15) is 472 Å². The van der Waals surface area contributed by atoms with Crippen molar-refractivity contribution in [2.45, 2.75) is 490 Å². The van der Waals surface area contributed by atoms with Crippen LogP contribution in [0.15, 0.2) is 0 Å². The van der Waals surface area contributed by atoms with Crippen molar-refractivity contribution in [3.8, 4) is 0 Å². The zero-order valence-electron chi connectivity index (χ0n) is 70.5. The van der Waals surface area contributed by atoms with E-state index in [2.05, 4.69) is 41.5 Å². The summed E-state index contributed by atoms with van der Waals surface area (Å²) in [6.07, 6.45) is 72.2. The monoisotopic (exact) mass is 1560 g/mol. The molecule has 19 heteroatoms. The third-order valence-corrected chi connectivity index (χ3v) is 23.0. The molecule has 0 aromatic rings. The van der Waals surface area contributed by atoms with Gasteiger partial charge in [0.1, 0.15) is 19.3 Å². The molecule has 0 aromatic heterocycles. The number of phosphoric ester groups is 2. The quantitative estimate of drug-likeness (QED) is 0.0222. The fourth-order valence-electron chi connectivity index (χ4n) is 13.7. The van der Waals surface area contributed by atoms with Crippen molar-refractivity contribution in [2.75, 3.05) is 39.6 Å². The third kappa shape index (κ3) is 80.5. The van der Waals surface area contributed by atoms with E-state index in [-0.39, 0.29) is 25.7 Å². The molecule has 107 heavy (non-hydrogen) atoms. The number of aliphatic hydroxyl groups is 1. The molecule has 17 nitrogen and oxygen atoms in total. The highest BCUT2D eigenvalue weighted by Gasteiger charge is 2.31. The molecule has 0 aliphatic heterocycles. The Kier molecular flexibility index (Phi) is 77.9. The molecule has 0 saturated heterocycles. The van der Waals surface area contributed by atoms with E-state index >= 15 is 0 Å². The van der Waals surface area contributed by atoms with E-state index in [1.165, 1.54) is 289 Å². The van der Waals surface area contributed by atoms with Crippen LogP contribution in [0.2, 0.25) is 0 Å². The second-order valence-corrected chi connectivity index (χ2v) is 35.3. The highest BCUT2D eigenvalue weighted by molar-refractivity contribution is 7.47. The summed E-state index contributed by atoms with van der Waals surface area (Å²) >= 11 is 0. The standard InChI is InChI=1S/C88H172O17P2/c1-7-10-12-14-16-18-20-22-24-25-26-27-28-29-30-35-39-43-47-55-61-67-73-88(93)104-83(76-98-85(90)70-64-58-52-45-41-38-34-32-31-33-36-40-44-50-56-62-68-80(4)5)78-102-106(94,95)100-74-82(89)75-101-107(96,97)103-79-84(77-99-86(91)71-65-59-53-49-48-51-57-63-69-81(6)9-3)105-87(92)72-66-60-54-46-42-37-23-21-19-17-15-13-11-8-2/h80-84,89H,7-79H2,1-6H3,(H,94,95)(H,96,97)/t81?,82-,83-,84-/m1/s1. The van der Waals surface area contributed by atoms with Gasteiger partial charge in [-0.2, -0.15) is 0 Å². The first-order chi connectivity index (χ1) is 51.9. The van der Waals surface area contributed by atoms with E-state index in [1.54, 1.807) is 0 Å². The van der Waals surface area contributed by atoms with E-state index in [0.717, 1.165) is 102 Å². The number of unbranched alkanes of at least 4 members (excludes halogenated alkanes) is 56. The Bertz CT molecular complexity index is 2050. The summed E-state index contributed by atoms with van der Waals surface area (Å²) in [5.74, 6) is -0.509. The predicted octanol–water partition coefficient (Wildman–Crippen LogP) is 27.0. The Morgan fingerprint density at radius 3 is 0.710 bits per heavy atom. The molecular formula is C88H172O17P2. The van der Waals surface area contributed by atoms with Crippen molar-refractivity contribution in [2.24, 2.45) is 11.8 Å². The van der Waals surface area contributed by atoms with Gasteiger partial charge >= 0.3 is 39.5 Å². The Balaban J connectivity index is 5.24. The van der Waals surface area contributed by atoms with Gasteiger partial charge in [-0.05, 0) is 37.5 Å². The molecule has 0 aliphatic carbocycles. The van der Waals surface area contributed by atoms with Crippen LogP contribution in [-0.2, 0) is 65.4 Å². The number of phosphoric acid groups is 2. The topological polar surface area (TPSA) is 237 Å². The first kappa shape index (κ1) is 105. The summed E-state index contributed by atoms with van der Waals surface area (Å²) in [4.78, 5) is 73.3. The van der Waals surface area contributed by atoms with Crippen LogP contribution in [-0.4, -0.2) is 96.7 Å². The van der Waals surface area contributed by atoms with Crippen LogP contribution in [0.25, 0.3) is 0 Å². The van der Waals surface area contributed by atoms with Crippen LogP contribution >= 0.6 is 15.6 Å². The number of hydrogen-bond donors (Lipinski definition) is 3.